The van der Waals surface area contributed by atoms with Crippen LogP contribution in [-0.2, 0) is 14.1 Å². The van der Waals surface area contributed by atoms with Crippen LogP contribution in [0.25, 0.3) is 27.8 Å². The number of phenolic OH excluding ortho intramolecular Hbond substituents is 1. The quantitative estimate of drug-likeness (QED) is 0.404. The first-order chi connectivity index (χ1) is 17.3. The molecule has 3 heterocycles. The van der Waals surface area contributed by atoms with Crippen molar-refractivity contribution in [3.63, 3.8) is 0 Å². The average Bonchev–Trinajstić information content (AvgIpc) is 3.23. The number of phenols is 1. The van der Waals surface area contributed by atoms with Crippen LogP contribution in [0, 0.1) is 13.8 Å². The van der Waals surface area contributed by atoms with Crippen molar-refractivity contribution in [1.29, 1.82) is 0 Å². The summed E-state index contributed by atoms with van der Waals surface area (Å²) < 4.78 is 11.2. The number of nitrogens with zero attached hydrogens (tertiary/aromatic N) is 3. The largest absolute Gasteiger partial charge is 0.508 e. The van der Waals surface area contributed by atoms with Crippen LogP contribution in [0.2, 0.25) is 0 Å². The minimum atomic E-state index is -0.751. The monoisotopic (exact) mass is 479 g/mol. The predicted molar refractivity (Wildman–Crippen MR) is 139 cm³/mol. The first-order valence-corrected chi connectivity index (χ1v) is 11.8. The molecule has 1 aliphatic rings. The van der Waals surface area contributed by atoms with Crippen LogP contribution in [-0.4, -0.2) is 18.8 Å². The van der Waals surface area contributed by atoms with Gasteiger partial charge in [0, 0.05) is 25.2 Å². The van der Waals surface area contributed by atoms with Gasteiger partial charge in [-0.3, -0.25) is 13.9 Å². The average molecular weight is 480 g/mol. The van der Waals surface area contributed by atoms with Crippen LogP contribution < -0.4 is 16.0 Å². The molecule has 1 N–H and O–H groups in total. The second-order valence-corrected chi connectivity index (χ2v) is 9.34. The fourth-order valence-electron chi connectivity index (χ4n) is 5.29. The van der Waals surface area contributed by atoms with Crippen LogP contribution in [0.4, 0.5) is 0 Å². The van der Waals surface area contributed by atoms with Gasteiger partial charge < -0.3 is 14.4 Å². The molecule has 7 nitrogen and oxygen atoms in total. The van der Waals surface area contributed by atoms with Gasteiger partial charge in [0.05, 0.1) is 28.0 Å². The number of aromatic nitrogens is 3. The van der Waals surface area contributed by atoms with Gasteiger partial charge in [0.25, 0.3) is 5.56 Å². The highest BCUT2D eigenvalue weighted by Crippen LogP contribution is 2.48. The lowest BCUT2D eigenvalue weighted by Crippen LogP contribution is -2.37. The summed E-state index contributed by atoms with van der Waals surface area (Å²) >= 11 is 0. The summed E-state index contributed by atoms with van der Waals surface area (Å²) in [5.41, 5.74) is 5.24. The van der Waals surface area contributed by atoms with E-state index in [9.17, 15) is 14.7 Å². The minimum absolute atomic E-state index is 0.0743. The summed E-state index contributed by atoms with van der Waals surface area (Å²) in [4.78, 5) is 26.9. The molecule has 1 aliphatic heterocycles. The van der Waals surface area contributed by atoms with Gasteiger partial charge in [0.15, 0.2) is 6.10 Å². The number of ether oxygens (including phenoxy) is 1. The molecule has 6 rings (SSSR count). The minimum Gasteiger partial charge on any atom is -0.508 e. The lowest BCUT2D eigenvalue weighted by Gasteiger charge is -2.30. The topological polar surface area (TPSA) is 78.4 Å². The Labute approximate surface area is 207 Å². The summed E-state index contributed by atoms with van der Waals surface area (Å²) in [5, 5.41) is 11.3. The maximum atomic E-state index is 13.8. The van der Waals surface area contributed by atoms with Crippen molar-refractivity contribution < 1.29 is 9.84 Å². The second-order valence-electron chi connectivity index (χ2n) is 9.34. The summed E-state index contributed by atoms with van der Waals surface area (Å²) in [6.45, 7) is 4.01. The highest BCUT2D eigenvalue weighted by atomic mass is 16.5. The Kier molecular flexibility index (Phi) is 4.73. The Hall–Kier alpha value is -4.52. The normalized spacial score (nSPS) is 14.4. The Morgan fingerprint density at radius 3 is 2.36 bits per heavy atom. The molecule has 36 heavy (non-hydrogen) atoms. The Bertz CT molecular complexity index is 1820. The zero-order valence-corrected chi connectivity index (χ0v) is 20.4. The summed E-state index contributed by atoms with van der Waals surface area (Å²) in [6, 6.07) is 20.8. The molecule has 5 aromatic rings. The van der Waals surface area contributed by atoms with Crippen molar-refractivity contribution in [2.24, 2.45) is 14.1 Å². The molecule has 3 aromatic carbocycles. The van der Waals surface area contributed by atoms with Crippen molar-refractivity contribution in [1.82, 2.24) is 13.7 Å². The molecular formula is C29H25N3O4. The van der Waals surface area contributed by atoms with Crippen LogP contribution in [0.15, 0.2) is 76.3 Å². The van der Waals surface area contributed by atoms with Gasteiger partial charge in [-0.25, -0.2) is 4.79 Å². The number of fused-ring (bicyclic) bond motifs is 5. The molecule has 7 heteroatoms. The molecule has 0 spiro atoms. The molecule has 0 bridgehead atoms. The van der Waals surface area contributed by atoms with E-state index in [1.165, 1.54) is 11.6 Å². The number of aromatic hydroxyl groups is 1. The van der Waals surface area contributed by atoms with E-state index in [0.717, 1.165) is 26.9 Å². The molecule has 0 saturated carbocycles. The maximum absolute atomic E-state index is 13.8. The van der Waals surface area contributed by atoms with Crippen LogP contribution in [0.5, 0.6) is 11.5 Å². The zero-order chi connectivity index (χ0) is 25.3. The summed E-state index contributed by atoms with van der Waals surface area (Å²) in [6.07, 6.45) is -0.751. The van der Waals surface area contributed by atoms with E-state index in [4.69, 9.17) is 4.74 Å². The van der Waals surface area contributed by atoms with Crippen LogP contribution >= 0.6 is 0 Å². The van der Waals surface area contributed by atoms with Crippen molar-refractivity contribution in [2.45, 2.75) is 20.0 Å². The number of para-hydroxylation sites is 1. The smallest absolute Gasteiger partial charge is 0.331 e. The molecular weight excluding hydrogens is 454 g/mol. The maximum Gasteiger partial charge on any atom is 0.331 e. The third-order valence-corrected chi connectivity index (χ3v) is 7.08. The predicted octanol–water partition coefficient (Wildman–Crippen LogP) is 4.50. The lowest BCUT2D eigenvalue weighted by atomic mass is 10.0. The van der Waals surface area contributed by atoms with Crippen LogP contribution in [0.1, 0.15) is 28.5 Å². The SMILES string of the molecule is Cc1ccc2c(c1)-n1c(-c3ccccc3C)c3c(=O)n(C)c(=O)n(C)c3c1C(c1ccccc1O)O2. The molecule has 180 valence electrons. The third-order valence-electron chi connectivity index (χ3n) is 7.08. The first kappa shape index (κ1) is 22.0. The molecule has 0 fully saturated rings. The molecule has 1 atom stereocenters. The molecule has 2 aromatic heterocycles. The highest BCUT2D eigenvalue weighted by Gasteiger charge is 2.37. The number of rotatable bonds is 2. The fraction of sp³-hybridized carbons (Fsp3) is 0.172. The number of hydrogen-bond acceptors (Lipinski definition) is 4. The number of benzene rings is 3. The van der Waals surface area contributed by atoms with E-state index >= 15 is 0 Å². The van der Waals surface area contributed by atoms with Gasteiger partial charge in [0.2, 0.25) is 0 Å². The first-order valence-electron chi connectivity index (χ1n) is 11.8. The fourth-order valence-corrected chi connectivity index (χ4v) is 5.29. The van der Waals surface area contributed by atoms with E-state index in [1.807, 2.05) is 66.9 Å². The van der Waals surface area contributed by atoms with E-state index in [-0.39, 0.29) is 11.3 Å². The Morgan fingerprint density at radius 2 is 1.61 bits per heavy atom. The Morgan fingerprint density at radius 1 is 0.889 bits per heavy atom. The Balaban J connectivity index is 1.91. The van der Waals surface area contributed by atoms with E-state index < -0.39 is 11.8 Å². The van der Waals surface area contributed by atoms with E-state index in [0.29, 0.717) is 33.6 Å². The molecule has 1 unspecified atom stereocenters. The van der Waals surface area contributed by atoms with E-state index in [2.05, 4.69) is 0 Å². The number of hydrogen-bond donors (Lipinski definition) is 1. The summed E-state index contributed by atoms with van der Waals surface area (Å²) in [5.74, 6) is 0.698. The standard InChI is InChI=1S/C29H25N3O4/c1-16-13-14-22-20(15-16)32-24(18-10-6-5-9-17(18)2)23-25(30(3)29(35)31(4)28(23)34)26(32)27(36-22)19-11-7-8-12-21(19)33/h5-15,27,33H,1-4H3. The van der Waals surface area contributed by atoms with E-state index in [1.54, 1.807) is 25.2 Å². The van der Waals surface area contributed by atoms with Crippen LogP contribution in [0.3, 0.4) is 0 Å². The van der Waals surface area contributed by atoms with Gasteiger partial charge in [-0.05, 0) is 43.2 Å². The van der Waals surface area contributed by atoms with Gasteiger partial charge in [-0.1, -0.05) is 48.5 Å². The van der Waals surface area contributed by atoms with Gasteiger partial charge in [-0.2, -0.15) is 0 Å². The molecule has 0 amide bonds. The van der Waals surface area contributed by atoms with Crippen molar-refractivity contribution in [3.8, 4) is 28.4 Å². The lowest BCUT2D eigenvalue weighted by molar-refractivity contribution is 0.224. The van der Waals surface area contributed by atoms with Crippen molar-refractivity contribution in [2.75, 3.05) is 0 Å². The third kappa shape index (κ3) is 2.92. The second kappa shape index (κ2) is 7.75. The van der Waals surface area contributed by atoms with Crippen molar-refractivity contribution in [3.05, 3.63) is 110 Å². The molecule has 0 saturated heterocycles. The summed E-state index contributed by atoms with van der Waals surface area (Å²) in [7, 11) is 3.16. The molecule has 0 radical (unpaired) electrons. The van der Waals surface area contributed by atoms with Gasteiger partial charge in [0.1, 0.15) is 11.5 Å². The van der Waals surface area contributed by atoms with Crippen molar-refractivity contribution >= 4 is 10.9 Å². The zero-order valence-electron chi connectivity index (χ0n) is 20.4. The highest BCUT2D eigenvalue weighted by molar-refractivity contribution is 5.99. The number of aryl methyl sites for hydroxylation is 3. The van der Waals surface area contributed by atoms with Gasteiger partial charge in [-0.15, -0.1) is 0 Å². The van der Waals surface area contributed by atoms with Gasteiger partial charge >= 0.3 is 5.69 Å². The molecule has 0 aliphatic carbocycles.